The summed E-state index contributed by atoms with van der Waals surface area (Å²) >= 11 is 0.896. The van der Waals surface area contributed by atoms with Gasteiger partial charge in [-0.05, 0) is 12.1 Å². The minimum absolute atomic E-state index is 0.362. The monoisotopic (exact) mass is 210 g/mol. The zero-order valence-electron chi connectivity index (χ0n) is 7.27. The summed E-state index contributed by atoms with van der Waals surface area (Å²) in [5.41, 5.74) is -0.0587. The molecular formula is C9H6O4S. The van der Waals surface area contributed by atoms with Gasteiger partial charge < -0.3 is 8.59 Å². The van der Waals surface area contributed by atoms with E-state index < -0.39 is 11.6 Å². The average Bonchev–Trinajstić information content (AvgIpc) is 2.59. The number of hydrogen-bond donors (Lipinski definition) is 0. The second-order valence-corrected chi connectivity index (χ2v) is 3.37. The Bertz CT molecular complexity index is 537. The first kappa shape index (κ1) is 8.96. The number of hydrogen-bond acceptors (Lipinski definition) is 5. The van der Waals surface area contributed by atoms with Crippen LogP contribution < -0.4 is 5.63 Å². The molecule has 0 aliphatic heterocycles. The SMILES string of the molecule is COC(=O)c1cccc2c(=O)osc12. The Balaban J connectivity index is 2.78. The Hall–Kier alpha value is -1.62. The molecule has 0 aliphatic rings. The largest absolute Gasteiger partial charge is 0.465 e. The van der Waals surface area contributed by atoms with Crippen LogP contribution in [0.3, 0.4) is 0 Å². The van der Waals surface area contributed by atoms with E-state index in [0.29, 0.717) is 15.6 Å². The molecule has 0 unspecified atom stereocenters. The molecule has 0 aliphatic carbocycles. The lowest BCUT2D eigenvalue weighted by molar-refractivity contribution is 0.0603. The van der Waals surface area contributed by atoms with E-state index in [9.17, 15) is 9.59 Å². The van der Waals surface area contributed by atoms with Gasteiger partial charge in [0.1, 0.15) is 0 Å². The molecule has 0 saturated carbocycles. The van der Waals surface area contributed by atoms with Crippen LogP contribution in [0.2, 0.25) is 0 Å². The zero-order valence-corrected chi connectivity index (χ0v) is 8.09. The summed E-state index contributed by atoms with van der Waals surface area (Å²) < 4.78 is 9.84. The van der Waals surface area contributed by atoms with Crippen LogP contribution in [0.4, 0.5) is 0 Å². The number of methoxy groups -OCH3 is 1. The summed E-state index contributed by atoms with van der Waals surface area (Å²) in [6.45, 7) is 0. The molecule has 0 amide bonds. The van der Waals surface area contributed by atoms with Crippen molar-refractivity contribution in [2.75, 3.05) is 7.11 Å². The maximum Gasteiger partial charge on any atom is 0.356 e. The molecule has 1 aromatic heterocycles. The smallest absolute Gasteiger partial charge is 0.356 e. The summed E-state index contributed by atoms with van der Waals surface area (Å²) in [4.78, 5) is 22.4. The summed E-state index contributed by atoms with van der Waals surface area (Å²) in [5.74, 6) is -0.465. The van der Waals surface area contributed by atoms with Gasteiger partial charge in [-0.3, -0.25) is 0 Å². The first-order valence-electron chi connectivity index (χ1n) is 3.84. The summed E-state index contributed by atoms with van der Waals surface area (Å²) in [5, 5.41) is 0.415. The highest BCUT2D eigenvalue weighted by Crippen LogP contribution is 2.21. The summed E-state index contributed by atoms with van der Waals surface area (Å²) in [6.07, 6.45) is 0. The summed E-state index contributed by atoms with van der Waals surface area (Å²) in [6, 6.07) is 4.84. The Kier molecular flexibility index (Phi) is 2.09. The van der Waals surface area contributed by atoms with Crippen LogP contribution in [0.1, 0.15) is 10.4 Å². The van der Waals surface area contributed by atoms with E-state index in [2.05, 4.69) is 4.74 Å². The Labute approximate surface area is 82.9 Å². The van der Waals surface area contributed by atoms with Gasteiger partial charge in [0.15, 0.2) is 0 Å². The van der Waals surface area contributed by atoms with Crippen molar-refractivity contribution >= 4 is 27.7 Å². The minimum Gasteiger partial charge on any atom is -0.465 e. The average molecular weight is 210 g/mol. The molecule has 0 N–H and O–H groups in total. The lowest BCUT2D eigenvalue weighted by Crippen LogP contribution is -2.01. The van der Waals surface area contributed by atoms with Crippen molar-refractivity contribution in [1.29, 1.82) is 0 Å². The van der Waals surface area contributed by atoms with E-state index in [1.54, 1.807) is 18.2 Å². The predicted molar refractivity (Wildman–Crippen MR) is 51.7 cm³/mol. The van der Waals surface area contributed by atoms with Crippen molar-refractivity contribution in [2.45, 2.75) is 0 Å². The van der Waals surface area contributed by atoms with Crippen LogP contribution in [0, 0.1) is 0 Å². The van der Waals surface area contributed by atoms with Gasteiger partial charge in [-0.1, -0.05) is 6.07 Å². The molecule has 0 fully saturated rings. The standard InChI is InChI=1S/C9H6O4S/c1-12-8(10)5-3-2-4-6-7(5)14-13-9(6)11/h2-4H,1H3. The first-order chi connectivity index (χ1) is 6.74. The fraction of sp³-hybridized carbons (Fsp3) is 0.111. The van der Waals surface area contributed by atoms with E-state index in [1.807, 2.05) is 0 Å². The molecule has 0 atom stereocenters. The Morgan fingerprint density at radius 3 is 3.00 bits per heavy atom. The van der Waals surface area contributed by atoms with Gasteiger partial charge >= 0.3 is 11.6 Å². The highest BCUT2D eigenvalue weighted by Gasteiger charge is 2.14. The Morgan fingerprint density at radius 2 is 2.29 bits per heavy atom. The van der Waals surface area contributed by atoms with E-state index in [0.717, 1.165) is 11.6 Å². The van der Waals surface area contributed by atoms with E-state index >= 15 is 0 Å². The molecule has 2 rings (SSSR count). The van der Waals surface area contributed by atoms with Gasteiger partial charge in [0.05, 0.1) is 22.8 Å². The van der Waals surface area contributed by atoms with Crippen LogP contribution in [0.5, 0.6) is 0 Å². The molecule has 2 aromatic rings. The van der Waals surface area contributed by atoms with Crippen molar-refractivity contribution < 1.29 is 13.4 Å². The van der Waals surface area contributed by atoms with Gasteiger partial charge in [0, 0.05) is 11.6 Å². The van der Waals surface area contributed by atoms with Crippen LogP contribution in [0.25, 0.3) is 10.1 Å². The summed E-state index contributed by atoms with van der Waals surface area (Å²) in [7, 11) is 1.30. The van der Waals surface area contributed by atoms with E-state index in [4.69, 9.17) is 3.85 Å². The maximum atomic E-state index is 11.3. The number of rotatable bonds is 1. The van der Waals surface area contributed by atoms with Crippen LogP contribution in [0.15, 0.2) is 26.8 Å². The molecule has 5 heteroatoms. The predicted octanol–water partition coefficient (Wildman–Crippen LogP) is 1.64. The zero-order chi connectivity index (χ0) is 10.1. The van der Waals surface area contributed by atoms with Crippen LogP contribution in [-0.4, -0.2) is 13.1 Å². The second kappa shape index (κ2) is 3.26. The van der Waals surface area contributed by atoms with E-state index in [-0.39, 0.29) is 0 Å². The van der Waals surface area contributed by atoms with Gasteiger partial charge in [-0.25, -0.2) is 9.59 Å². The topological polar surface area (TPSA) is 56.5 Å². The third kappa shape index (κ3) is 1.22. The van der Waals surface area contributed by atoms with Gasteiger partial charge in [-0.15, -0.1) is 0 Å². The molecule has 72 valence electrons. The molecule has 0 saturated heterocycles. The lowest BCUT2D eigenvalue weighted by Gasteiger charge is -1.97. The number of carbonyl (C=O) groups excluding carboxylic acids is 1. The van der Waals surface area contributed by atoms with Crippen molar-refractivity contribution in [2.24, 2.45) is 0 Å². The molecular weight excluding hydrogens is 204 g/mol. The highest BCUT2D eigenvalue weighted by molar-refractivity contribution is 7.11. The maximum absolute atomic E-state index is 11.3. The fourth-order valence-electron chi connectivity index (χ4n) is 1.18. The third-order valence-electron chi connectivity index (χ3n) is 1.84. The first-order valence-corrected chi connectivity index (χ1v) is 4.58. The minimum atomic E-state index is -0.465. The third-order valence-corrected chi connectivity index (χ3v) is 2.68. The molecule has 0 radical (unpaired) electrons. The van der Waals surface area contributed by atoms with Gasteiger partial charge in [0.2, 0.25) is 0 Å². The molecule has 14 heavy (non-hydrogen) atoms. The number of carbonyl (C=O) groups is 1. The van der Waals surface area contributed by atoms with Gasteiger partial charge in [-0.2, -0.15) is 0 Å². The number of ether oxygens (including phenoxy) is 1. The van der Waals surface area contributed by atoms with Crippen molar-refractivity contribution in [3.63, 3.8) is 0 Å². The second-order valence-electron chi connectivity index (χ2n) is 2.63. The highest BCUT2D eigenvalue weighted by atomic mass is 32.1. The quantitative estimate of drug-likeness (QED) is 0.671. The number of esters is 1. The molecule has 0 spiro atoms. The van der Waals surface area contributed by atoms with Crippen molar-refractivity contribution in [3.05, 3.63) is 34.2 Å². The van der Waals surface area contributed by atoms with Gasteiger partial charge in [0.25, 0.3) is 0 Å². The van der Waals surface area contributed by atoms with Crippen LogP contribution in [-0.2, 0) is 4.74 Å². The number of fused-ring (bicyclic) bond motifs is 1. The normalized spacial score (nSPS) is 10.4. The molecule has 1 aromatic carbocycles. The van der Waals surface area contributed by atoms with Crippen LogP contribution >= 0.6 is 11.6 Å². The van der Waals surface area contributed by atoms with E-state index in [1.165, 1.54) is 7.11 Å². The Morgan fingerprint density at radius 1 is 1.50 bits per heavy atom. The lowest BCUT2D eigenvalue weighted by atomic mass is 10.2. The van der Waals surface area contributed by atoms with Crippen molar-refractivity contribution in [1.82, 2.24) is 0 Å². The molecule has 1 heterocycles. The fourth-order valence-corrected chi connectivity index (χ4v) is 1.91. The molecule has 4 nitrogen and oxygen atoms in total. The van der Waals surface area contributed by atoms with Crippen molar-refractivity contribution in [3.8, 4) is 0 Å². The number of benzene rings is 1. The molecule has 0 bridgehead atoms.